The summed E-state index contributed by atoms with van der Waals surface area (Å²) in [5.74, 6) is 1.23. The summed E-state index contributed by atoms with van der Waals surface area (Å²) in [5, 5.41) is 6.17. The van der Waals surface area contributed by atoms with Gasteiger partial charge in [-0.2, -0.15) is 0 Å². The smallest absolute Gasteiger partial charge is 0.222 e. The van der Waals surface area contributed by atoms with Crippen molar-refractivity contribution in [2.75, 3.05) is 5.32 Å². The maximum absolute atomic E-state index is 11.3. The fourth-order valence-electron chi connectivity index (χ4n) is 2.07. The van der Waals surface area contributed by atoms with Gasteiger partial charge in [0.15, 0.2) is 5.13 Å². The van der Waals surface area contributed by atoms with Crippen molar-refractivity contribution >= 4 is 34.7 Å². The Morgan fingerprint density at radius 3 is 2.73 bits per heavy atom. The maximum Gasteiger partial charge on any atom is 0.222 e. The summed E-state index contributed by atoms with van der Waals surface area (Å²) in [5.41, 5.74) is 1.85. The minimum absolute atomic E-state index is 0.143. The molecule has 0 saturated heterocycles. The number of imidazole rings is 1. The molecule has 7 heteroatoms. The summed E-state index contributed by atoms with van der Waals surface area (Å²) < 4.78 is 1.82. The number of carbonyl (C=O) groups is 1. The van der Waals surface area contributed by atoms with E-state index >= 15 is 0 Å². The SMILES string of the molecule is CC(=O)Nc1cnc(C)n1-c1nc(-c2ccc(Cl)cc2)cs1. The van der Waals surface area contributed by atoms with Gasteiger partial charge in [-0.3, -0.25) is 9.36 Å². The van der Waals surface area contributed by atoms with Gasteiger partial charge in [0.2, 0.25) is 5.91 Å². The molecule has 5 nitrogen and oxygen atoms in total. The van der Waals surface area contributed by atoms with Crippen LogP contribution in [0.25, 0.3) is 16.4 Å². The molecular formula is C15H13ClN4OS. The zero-order valence-electron chi connectivity index (χ0n) is 12.0. The highest BCUT2D eigenvalue weighted by Gasteiger charge is 2.14. The van der Waals surface area contributed by atoms with Crippen LogP contribution < -0.4 is 5.32 Å². The molecule has 3 rings (SSSR count). The number of rotatable bonds is 3. The Bertz CT molecular complexity index is 822. The fourth-order valence-corrected chi connectivity index (χ4v) is 3.09. The molecule has 0 aliphatic rings. The molecule has 1 N–H and O–H groups in total. The van der Waals surface area contributed by atoms with E-state index in [2.05, 4.69) is 15.3 Å². The first kappa shape index (κ1) is 14.7. The molecule has 0 aliphatic carbocycles. The number of amides is 1. The molecule has 0 unspecified atom stereocenters. The molecule has 0 atom stereocenters. The Hall–Kier alpha value is -2.18. The predicted octanol–water partition coefficient (Wildman–Crippen LogP) is 3.92. The lowest BCUT2D eigenvalue weighted by Gasteiger charge is -2.06. The molecule has 2 heterocycles. The lowest BCUT2D eigenvalue weighted by molar-refractivity contribution is -0.114. The predicted molar refractivity (Wildman–Crippen MR) is 88.7 cm³/mol. The molecule has 0 saturated carbocycles. The standard InChI is InChI=1S/C15H13ClN4OS/c1-9-17-7-14(18-10(2)21)20(9)15-19-13(8-22-15)11-3-5-12(16)6-4-11/h3-8H,1-2H3,(H,18,21). The molecule has 1 aromatic carbocycles. The quantitative estimate of drug-likeness (QED) is 0.791. The molecule has 2 aromatic heterocycles. The third-order valence-electron chi connectivity index (χ3n) is 3.07. The van der Waals surface area contributed by atoms with Gasteiger partial charge in [-0.15, -0.1) is 11.3 Å². The zero-order chi connectivity index (χ0) is 15.7. The summed E-state index contributed by atoms with van der Waals surface area (Å²) in [6.07, 6.45) is 1.63. The van der Waals surface area contributed by atoms with Crippen LogP contribution in [-0.4, -0.2) is 20.4 Å². The monoisotopic (exact) mass is 332 g/mol. The third kappa shape index (κ3) is 2.88. The van der Waals surface area contributed by atoms with Gasteiger partial charge < -0.3 is 5.32 Å². The third-order valence-corrected chi connectivity index (χ3v) is 4.14. The Morgan fingerprint density at radius 1 is 1.32 bits per heavy atom. The Labute approximate surface area is 136 Å². The van der Waals surface area contributed by atoms with Gasteiger partial charge >= 0.3 is 0 Å². The number of aromatic nitrogens is 3. The normalized spacial score (nSPS) is 10.7. The van der Waals surface area contributed by atoms with Gasteiger partial charge in [-0.25, -0.2) is 9.97 Å². The van der Waals surface area contributed by atoms with Gasteiger partial charge in [-0.05, 0) is 19.1 Å². The summed E-state index contributed by atoms with van der Waals surface area (Å²) >= 11 is 7.39. The second kappa shape index (κ2) is 5.90. The number of hydrogen-bond acceptors (Lipinski definition) is 4. The molecule has 0 bridgehead atoms. The van der Waals surface area contributed by atoms with Crippen molar-refractivity contribution in [1.82, 2.24) is 14.5 Å². The highest BCUT2D eigenvalue weighted by atomic mass is 35.5. The van der Waals surface area contributed by atoms with Crippen molar-refractivity contribution in [1.29, 1.82) is 0 Å². The zero-order valence-corrected chi connectivity index (χ0v) is 13.6. The fraction of sp³-hybridized carbons (Fsp3) is 0.133. The molecule has 3 aromatic rings. The number of halogens is 1. The highest BCUT2D eigenvalue weighted by Crippen LogP contribution is 2.28. The molecule has 0 spiro atoms. The number of hydrogen-bond donors (Lipinski definition) is 1. The summed E-state index contributed by atoms with van der Waals surface area (Å²) in [6, 6.07) is 7.52. The van der Waals surface area contributed by atoms with Crippen molar-refractivity contribution in [3.05, 3.63) is 46.7 Å². The molecule has 1 amide bonds. The van der Waals surface area contributed by atoms with Crippen LogP contribution in [0.1, 0.15) is 12.7 Å². The van der Waals surface area contributed by atoms with Crippen LogP contribution in [0.15, 0.2) is 35.8 Å². The van der Waals surface area contributed by atoms with Gasteiger partial charge in [0.05, 0.1) is 11.9 Å². The number of benzene rings is 1. The largest absolute Gasteiger partial charge is 0.311 e. The van der Waals surface area contributed by atoms with Gasteiger partial charge in [0.1, 0.15) is 11.6 Å². The highest BCUT2D eigenvalue weighted by molar-refractivity contribution is 7.12. The first-order chi connectivity index (χ1) is 10.5. The van der Waals surface area contributed by atoms with E-state index in [9.17, 15) is 4.79 Å². The summed E-state index contributed by atoms with van der Waals surface area (Å²) in [6.45, 7) is 3.34. The van der Waals surface area contributed by atoms with Crippen LogP contribution in [0.5, 0.6) is 0 Å². The van der Waals surface area contributed by atoms with Gasteiger partial charge in [-0.1, -0.05) is 23.7 Å². The van der Waals surface area contributed by atoms with Crippen LogP contribution in [0.4, 0.5) is 5.82 Å². The lowest BCUT2D eigenvalue weighted by Crippen LogP contribution is -2.10. The first-order valence-electron chi connectivity index (χ1n) is 6.58. The number of carbonyl (C=O) groups excluding carboxylic acids is 1. The van der Waals surface area contributed by atoms with E-state index in [-0.39, 0.29) is 5.91 Å². The molecule has 0 radical (unpaired) electrons. The van der Waals surface area contributed by atoms with E-state index in [1.165, 1.54) is 18.3 Å². The van der Waals surface area contributed by atoms with Crippen LogP contribution >= 0.6 is 22.9 Å². The molecule has 0 fully saturated rings. The van der Waals surface area contributed by atoms with E-state index in [1.54, 1.807) is 6.20 Å². The van der Waals surface area contributed by atoms with Crippen LogP contribution in [-0.2, 0) is 4.79 Å². The van der Waals surface area contributed by atoms with E-state index < -0.39 is 0 Å². The molecule has 22 heavy (non-hydrogen) atoms. The summed E-state index contributed by atoms with van der Waals surface area (Å²) in [4.78, 5) is 20.1. The minimum Gasteiger partial charge on any atom is -0.311 e. The van der Waals surface area contributed by atoms with E-state index in [4.69, 9.17) is 11.6 Å². The van der Waals surface area contributed by atoms with Gasteiger partial charge in [0, 0.05) is 22.9 Å². The second-order valence-electron chi connectivity index (χ2n) is 4.73. The van der Waals surface area contributed by atoms with E-state index in [0.717, 1.165) is 22.2 Å². The van der Waals surface area contributed by atoms with Crippen LogP contribution in [0, 0.1) is 6.92 Å². The minimum atomic E-state index is -0.143. The summed E-state index contributed by atoms with van der Waals surface area (Å²) in [7, 11) is 0. The number of aryl methyl sites for hydroxylation is 1. The Balaban J connectivity index is 1.99. The van der Waals surface area contributed by atoms with Crippen molar-refractivity contribution in [2.24, 2.45) is 0 Å². The number of nitrogens with zero attached hydrogens (tertiary/aromatic N) is 3. The first-order valence-corrected chi connectivity index (χ1v) is 7.84. The van der Waals surface area contributed by atoms with Crippen molar-refractivity contribution in [3.63, 3.8) is 0 Å². The molecular weight excluding hydrogens is 320 g/mol. The Morgan fingerprint density at radius 2 is 2.05 bits per heavy atom. The lowest BCUT2D eigenvalue weighted by atomic mass is 10.2. The van der Waals surface area contributed by atoms with Crippen LogP contribution in [0.3, 0.4) is 0 Å². The Kier molecular flexibility index (Phi) is 3.96. The van der Waals surface area contributed by atoms with Crippen LogP contribution in [0.2, 0.25) is 5.02 Å². The topological polar surface area (TPSA) is 59.8 Å². The van der Waals surface area contributed by atoms with E-state index in [0.29, 0.717) is 10.8 Å². The van der Waals surface area contributed by atoms with Gasteiger partial charge in [0.25, 0.3) is 0 Å². The molecule has 0 aliphatic heterocycles. The van der Waals surface area contributed by atoms with Crippen molar-refractivity contribution in [2.45, 2.75) is 13.8 Å². The van der Waals surface area contributed by atoms with Crippen molar-refractivity contribution < 1.29 is 4.79 Å². The van der Waals surface area contributed by atoms with E-state index in [1.807, 2.05) is 41.1 Å². The average Bonchev–Trinajstić information content (AvgIpc) is 3.06. The number of thiazole rings is 1. The number of nitrogens with one attached hydrogen (secondary N) is 1. The molecule has 112 valence electrons. The van der Waals surface area contributed by atoms with Crippen molar-refractivity contribution in [3.8, 4) is 16.4 Å². The number of anilines is 1. The maximum atomic E-state index is 11.3. The average molecular weight is 333 g/mol. The second-order valence-corrected chi connectivity index (χ2v) is 6.00.